The predicted octanol–water partition coefficient (Wildman–Crippen LogP) is 4.11. The molecule has 1 amide bonds. The Morgan fingerprint density at radius 2 is 1.72 bits per heavy atom. The largest absolute Gasteiger partial charge is 0.416 e. The van der Waals surface area contributed by atoms with Gasteiger partial charge in [-0.05, 0) is 43.7 Å². The normalized spacial score (nSPS) is 12.9. The van der Waals surface area contributed by atoms with Gasteiger partial charge in [0.25, 0.3) is 0 Å². The van der Waals surface area contributed by atoms with Crippen LogP contribution in [-0.2, 0) is 24.1 Å². The van der Waals surface area contributed by atoms with E-state index in [0.717, 1.165) is 23.2 Å². The summed E-state index contributed by atoms with van der Waals surface area (Å²) in [4.78, 5) is 24.9. The van der Waals surface area contributed by atoms with Crippen LogP contribution < -0.4 is 11.0 Å². The second kappa shape index (κ2) is 8.14. The summed E-state index contributed by atoms with van der Waals surface area (Å²) >= 11 is 0. The molecule has 3 rings (SSSR count). The minimum atomic E-state index is -4.44. The average molecular weight is 405 g/mol. The molecule has 1 atom stereocenters. The van der Waals surface area contributed by atoms with Crippen molar-refractivity contribution in [2.45, 2.75) is 45.6 Å². The summed E-state index contributed by atoms with van der Waals surface area (Å²) in [6.07, 6.45) is -4.39. The van der Waals surface area contributed by atoms with Crippen LogP contribution in [0.1, 0.15) is 37.4 Å². The zero-order valence-electron chi connectivity index (χ0n) is 16.2. The van der Waals surface area contributed by atoms with E-state index in [-0.39, 0.29) is 24.6 Å². The Kier molecular flexibility index (Phi) is 5.81. The van der Waals surface area contributed by atoms with Crippen LogP contribution in [0.4, 0.5) is 13.2 Å². The SMILES string of the molecule is CCn1c(=O)n(CCC(=O)N[C@@H](C)c2cccc(C(F)(F)F)c2)c2ccccc21. The highest BCUT2D eigenvalue weighted by Gasteiger charge is 2.30. The molecule has 0 bridgehead atoms. The maximum Gasteiger partial charge on any atom is 0.416 e. The smallest absolute Gasteiger partial charge is 0.350 e. The molecule has 0 radical (unpaired) electrons. The molecule has 0 fully saturated rings. The van der Waals surface area contributed by atoms with Gasteiger partial charge in [0.15, 0.2) is 0 Å². The fraction of sp³-hybridized carbons (Fsp3) is 0.333. The highest BCUT2D eigenvalue weighted by atomic mass is 19.4. The van der Waals surface area contributed by atoms with Crippen LogP contribution in [-0.4, -0.2) is 15.0 Å². The van der Waals surface area contributed by atoms with Gasteiger partial charge in [0.1, 0.15) is 0 Å². The maximum absolute atomic E-state index is 12.9. The predicted molar refractivity (Wildman–Crippen MR) is 104 cm³/mol. The number of nitrogens with one attached hydrogen (secondary N) is 1. The van der Waals surface area contributed by atoms with Crippen LogP contribution in [0.2, 0.25) is 0 Å². The van der Waals surface area contributed by atoms with Crippen LogP contribution in [0.3, 0.4) is 0 Å². The molecule has 0 spiro atoms. The number of carbonyl (C=O) groups is 1. The van der Waals surface area contributed by atoms with E-state index in [2.05, 4.69) is 5.32 Å². The molecule has 1 aromatic heterocycles. The Bertz CT molecular complexity index is 1080. The zero-order valence-corrected chi connectivity index (χ0v) is 16.2. The number of imidazole rings is 1. The van der Waals surface area contributed by atoms with Crippen LogP contribution in [0.5, 0.6) is 0 Å². The summed E-state index contributed by atoms with van der Waals surface area (Å²) in [6, 6.07) is 11.7. The van der Waals surface area contributed by atoms with E-state index in [9.17, 15) is 22.8 Å². The standard InChI is InChI=1S/C21H22F3N3O2/c1-3-26-17-9-4-5-10-18(17)27(20(26)29)12-11-19(28)25-14(2)15-7-6-8-16(13-15)21(22,23)24/h4-10,13-14H,3,11-12H2,1-2H3,(H,25,28)/t14-/m0/s1. The lowest BCUT2D eigenvalue weighted by Gasteiger charge is -2.16. The van der Waals surface area contributed by atoms with Crippen molar-refractivity contribution < 1.29 is 18.0 Å². The molecule has 0 unspecified atom stereocenters. The number of carbonyl (C=O) groups excluding carboxylic acids is 1. The van der Waals surface area contributed by atoms with E-state index in [1.165, 1.54) is 6.07 Å². The molecule has 0 aliphatic carbocycles. The number of hydrogen-bond acceptors (Lipinski definition) is 2. The lowest BCUT2D eigenvalue weighted by molar-refractivity contribution is -0.137. The molecule has 0 saturated carbocycles. The number of halogens is 3. The summed E-state index contributed by atoms with van der Waals surface area (Å²) in [5, 5.41) is 2.70. The van der Waals surface area contributed by atoms with Crippen LogP contribution in [0.15, 0.2) is 53.3 Å². The first-order valence-electron chi connectivity index (χ1n) is 9.37. The lowest BCUT2D eigenvalue weighted by atomic mass is 10.0. The monoisotopic (exact) mass is 405 g/mol. The van der Waals surface area contributed by atoms with Gasteiger partial charge in [-0.3, -0.25) is 13.9 Å². The van der Waals surface area contributed by atoms with Crippen molar-refractivity contribution >= 4 is 16.9 Å². The van der Waals surface area contributed by atoms with E-state index in [0.29, 0.717) is 12.1 Å². The number of alkyl halides is 3. The number of fused-ring (bicyclic) bond motifs is 1. The van der Waals surface area contributed by atoms with Crippen LogP contribution in [0, 0.1) is 0 Å². The van der Waals surface area contributed by atoms with Crippen molar-refractivity contribution in [3.05, 3.63) is 70.1 Å². The van der Waals surface area contributed by atoms with E-state index in [1.807, 2.05) is 31.2 Å². The van der Waals surface area contributed by atoms with Crippen molar-refractivity contribution in [3.63, 3.8) is 0 Å². The number of aromatic nitrogens is 2. The summed E-state index contributed by atoms with van der Waals surface area (Å²) in [7, 11) is 0. The molecule has 1 N–H and O–H groups in total. The second-order valence-electron chi connectivity index (χ2n) is 6.83. The molecular weight excluding hydrogens is 383 g/mol. The van der Waals surface area contributed by atoms with Crippen molar-refractivity contribution in [2.75, 3.05) is 0 Å². The molecule has 2 aromatic carbocycles. The van der Waals surface area contributed by atoms with Gasteiger partial charge < -0.3 is 5.32 Å². The number of amides is 1. The summed E-state index contributed by atoms with van der Waals surface area (Å²) in [5.41, 5.74) is 0.978. The summed E-state index contributed by atoms with van der Waals surface area (Å²) in [6.45, 7) is 4.21. The fourth-order valence-electron chi connectivity index (χ4n) is 3.39. The molecule has 3 aromatic rings. The summed E-state index contributed by atoms with van der Waals surface area (Å²) < 4.78 is 41.8. The van der Waals surface area contributed by atoms with Crippen molar-refractivity contribution in [1.29, 1.82) is 0 Å². The lowest BCUT2D eigenvalue weighted by Crippen LogP contribution is -2.30. The van der Waals surface area contributed by atoms with Crippen molar-refractivity contribution in [3.8, 4) is 0 Å². The molecule has 5 nitrogen and oxygen atoms in total. The minimum absolute atomic E-state index is 0.0426. The van der Waals surface area contributed by atoms with E-state index >= 15 is 0 Å². The second-order valence-corrected chi connectivity index (χ2v) is 6.83. The Balaban J connectivity index is 1.70. The number of rotatable bonds is 6. The van der Waals surface area contributed by atoms with Crippen LogP contribution in [0.25, 0.3) is 11.0 Å². The first-order chi connectivity index (χ1) is 13.7. The molecule has 1 heterocycles. The third-order valence-corrected chi connectivity index (χ3v) is 4.90. The molecule has 0 saturated heterocycles. The van der Waals surface area contributed by atoms with Gasteiger partial charge in [-0.15, -0.1) is 0 Å². The van der Waals surface area contributed by atoms with E-state index < -0.39 is 17.8 Å². The highest BCUT2D eigenvalue weighted by molar-refractivity contribution is 5.78. The third kappa shape index (κ3) is 4.36. The number of para-hydroxylation sites is 2. The van der Waals surface area contributed by atoms with Gasteiger partial charge in [0, 0.05) is 19.5 Å². The van der Waals surface area contributed by atoms with Gasteiger partial charge in [0.05, 0.1) is 22.6 Å². The Hall–Kier alpha value is -3.03. The molecule has 29 heavy (non-hydrogen) atoms. The Labute approximate surface area is 165 Å². The van der Waals surface area contributed by atoms with Gasteiger partial charge in [0.2, 0.25) is 5.91 Å². The minimum Gasteiger partial charge on any atom is -0.350 e. The molecular formula is C21H22F3N3O2. The van der Waals surface area contributed by atoms with Gasteiger partial charge in [-0.2, -0.15) is 13.2 Å². The van der Waals surface area contributed by atoms with Gasteiger partial charge in [-0.1, -0.05) is 24.3 Å². The van der Waals surface area contributed by atoms with Gasteiger partial charge in [-0.25, -0.2) is 4.79 Å². The number of nitrogens with zero attached hydrogens (tertiary/aromatic N) is 2. The molecule has 0 aliphatic heterocycles. The molecule has 8 heteroatoms. The quantitative estimate of drug-likeness (QED) is 0.671. The van der Waals surface area contributed by atoms with Gasteiger partial charge >= 0.3 is 11.9 Å². The average Bonchev–Trinajstić information content (AvgIpc) is 2.96. The maximum atomic E-state index is 12.9. The fourth-order valence-corrected chi connectivity index (χ4v) is 3.39. The van der Waals surface area contributed by atoms with Crippen molar-refractivity contribution in [1.82, 2.24) is 14.5 Å². The number of benzene rings is 2. The topological polar surface area (TPSA) is 56.0 Å². The Morgan fingerprint density at radius 1 is 1.07 bits per heavy atom. The Morgan fingerprint density at radius 3 is 2.34 bits per heavy atom. The molecule has 154 valence electrons. The zero-order chi connectivity index (χ0) is 21.2. The van der Waals surface area contributed by atoms with E-state index in [1.54, 1.807) is 22.1 Å². The highest BCUT2D eigenvalue weighted by Crippen LogP contribution is 2.30. The van der Waals surface area contributed by atoms with E-state index in [4.69, 9.17) is 0 Å². The first kappa shape index (κ1) is 20.7. The van der Waals surface area contributed by atoms with Crippen LogP contribution >= 0.6 is 0 Å². The summed E-state index contributed by atoms with van der Waals surface area (Å²) in [5.74, 6) is -0.338. The first-order valence-corrected chi connectivity index (χ1v) is 9.37. The van der Waals surface area contributed by atoms with Crippen molar-refractivity contribution in [2.24, 2.45) is 0 Å². The molecule has 0 aliphatic rings. The third-order valence-electron chi connectivity index (χ3n) is 4.90. The number of hydrogen-bond donors (Lipinski definition) is 1. The number of aryl methyl sites for hydroxylation is 2.